The van der Waals surface area contributed by atoms with E-state index in [1.165, 1.54) is 64.2 Å². The number of hydrogen-bond donors (Lipinski definition) is 0. The van der Waals surface area contributed by atoms with Crippen LogP contribution in [0.2, 0.25) is 0 Å². The van der Waals surface area contributed by atoms with Crippen LogP contribution >= 0.6 is 0 Å². The fourth-order valence-corrected chi connectivity index (χ4v) is 3.73. The molecule has 136 valence electrons. The first-order valence-electron chi connectivity index (χ1n) is 10.2. The Morgan fingerprint density at radius 1 is 0.917 bits per heavy atom. The first-order chi connectivity index (χ1) is 11.8. The lowest BCUT2D eigenvalue weighted by Gasteiger charge is -2.27. The van der Waals surface area contributed by atoms with Crippen LogP contribution in [0, 0.1) is 5.92 Å². The van der Waals surface area contributed by atoms with Gasteiger partial charge in [0.2, 0.25) is 0 Å². The molecule has 0 spiro atoms. The van der Waals surface area contributed by atoms with E-state index in [4.69, 9.17) is 4.74 Å². The molecule has 24 heavy (non-hydrogen) atoms. The highest BCUT2D eigenvalue weighted by molar-refractivity contribution is 5.07. The van der Waals surface area contributed by atoms with E-state index in [9.17, 15) is 0 Å². The van der Waals surface area contributed by atoms with Crippen LogP contribution in [0.15, 0.2) is 12.4 Å². The number of hydrogen-bond acceptors (Lipinski definition) is 3. The van der Waals surface area contributed by atoms with Crippen molar-refractivity contribution in [2.75, 3.05) is 6.61 Å². The summed E-state index contributed by atoms with van der Waals surface area (Å²) in [5.41, 5.74) is 1.09. The minimum absolute atomic E-state index is 0.576. The average Bonchev–Trinajstić information content (AvgIpc) is 2.63. The lowest BCUT2D eigenvalue weighted by atomic mass is 9.79. The molecule has 3 heteroatoms. The molecule has 0 amide bonds. The van der Waals surface area contributed by atoms with Crippen LogP contribution in [0.4, 0.5) is 0 Å². The summed E-state index contributed by atoms with van der Waals surface area (Å²) < 4.78 is 5.55. The van der Waals surface area contributed by atoms with E-state index in [0.717, 1.165) is 30.3 Å². The van der Waals surface area contributed by atoms with Gasteiger partial charge < -0.3 is 4.74 Å². The number of rotatable bonds is 11. The number of aromatic nitrogens is 2. The fourth-order valence-electron chi connectivity index (χ4n) is 3.73. The molecule has 0 N–H and O–H groups in total. The summed E-state index contributed by atoms with van der Waals surface area (Å²) in [5, 5.41) is 0. The predicted molar refractivity (Wildman–Crippen MR) is 100 cm³/mol. The van der Waals surface area contributed by atoms with E-state index in [1.54, 1.807) is 0 Å². The van der Waals surface area contributed by atoms with E-state index >= 15 is 0 Å². The maximum absolute atomic E-state index is 5.55. The Morgan fingerprint density at radius 2 is 1.62 bits per heavy atom. The largest absolute Gasteiger partial charge is 0.377 e. The van der Waals surface area contributed by atoms with E-state index < -0.39 is 0 Å². The maximum Gasteiger partial charge on any atom is 0.131 e. The predicted octanol–water partition coefficient (Wildman–Crippen LogP) is 6.04. The van der Waals surface area contributed by atoms with Crippen LogP contribution in [-0.2, 0) is 11.3 Å². The van der Waals surface area contributed by atoms with Crippen LogP contribution in [0.1, 0.15) is 102 Å². The molecule has 1 aliphatic rings. The van der Waals surface area contributed by atoms with Crippen molar-refractivity contribution in [1.82, 2.24) is 9.97 Å². The van der Waals surface area contributed by atoms with Crippen molar-refractivity contribution in [3.8, 4) is 0 Å². The molecular formula is C21H36N2O. The quantitative estimate of drug-likeness (QED) is 0.463. The number of unbranched alkanes of at least 4 members (excludes halogenated alkanes) is 4. The molecule has 0 radical (unpaired) electrons. The van der Waals surface area contributed by atoms with Gasteiger partial charge in [-0.05, 0) is 38.0 Å². The second kappa shape index (κ2) is 11.6. The van der Waals surface area contributed by atoms with Crippen molar-refractivity contribution in [2.45, 2.75) is 97.0 Å². The highest BCUT2D eigenvalue weighted by Gasteiger charge is 2.23. The van der Waals surface area contributed by atoms with E-state index in [0.29, 0.717) is 12.5 Å². The van der Waals surface area contributed by atoms with Gasteiger partial charge in [-0.3, -0.25) is 0 Å². The summed E-state index contributed by atoms with van der Waals surface area (Å²) >= 11 is 0. The molecule has 0 unspecified atom stereocenters. The van der Waals surface area contributed by atoms with Crippen LogP contribution < -0.4 is 0 Å². The van der Waals surface area contributed by atoms with Gasteiger partial charge in [0.15, 0.2) is 0 Å². The standard InChI is InChI=1S/C21H36N2O/c1-3-5-6-7-8-9-18-10-12-20(13-11-18)21-22-15-19(16-23-21)17-24-14-4-2/h15-16,18,20H,3-14,17H2,1-2H3/t18-,20-. The van der Waals surface area contributed by atoms with Gasteiger partial charge >= 0.3 is 0 Å². The highest BCUT2D eigenvalue weighted by atomic mass is 16.5. The Bertz CT molecular complexity index is 424. The number of nitrogens with zero attached hydrogens (tertiary/aromatic N) is 2. The van der Waals surface area contributed by atoms with E-state index in [-0.39, 0.29) is 0 Å². The second-order valence-electron chi connectivity index (χ2n) is 7.42. The van der Waals surface area contributed by atoms with Gasteiger partial charge in [-0.25, -0.2) is 9.97 Å². The first kappa shape index (κ1) is 19.4. The van der Waals surface area contributed by atoms with E-state index in [2.05, 4.69) is 23.8 Å². The summed E-state index contributed by atoms with van der Waals surface area (Å²) in [6.45, 7) is 5.86. The Labute approximate surface area is 148 Å². The van der Waals surface area contributed by atoms with Gasteiger partial charge in [0.05, 0.1) is 6.61 Å². The molecule has 0 atom stereocenters. The molecule has 1 heterocycles. The lowest BCUT2D eigenvalue weighted by Crippen LogP contribution is -2.15. The maximum atomic E-state index is 5.55. The van der Waals surface area contributed by atoms with Gasteiger partial charge in [-0.2, -0.15) is 0 Å². The highest BCUT2D eigenvalue weighted by Crippen LogP contribution is 2.36. The van der Waals surface area contributed by atoms with Gasteiger partial charge in [0, 0.05) is 30.5 Å². The summed E-state index contributed by atoms with van der Waals surface area (Å²) in [4.78, 5) is 9.22. The van der Waals surface area contributed by atoms with Gasteiger partial charge in [0.25, 0.3) is 0 Å². The Balaban J connectivity index is 1.66. The molecule has 1 saturated carbocycles. The third kappa shape index (κ3) is 6.88. The normalized spacial score (nSPS) is 21.1. The third-order valence-electron chi connectivity index (χ3n) is 5.27. The topological polar surface area (TPSA) is 35.0 Å². The van der Waals surface area contributed by atoms with Crippen molar-refractivity contribution < 1.29 is 4.74 Å². The molecule has 1 aliphatic carbocycles. The molecule has 0 saturated heterocycles. The van der Waals surface area contributed by atoms with Crippen molar-refractivity contribution in [3.63, 3.8) is 0 Å². The van der Waals surface area contributed by atoms with E-state index in [1.807, 2.05) is 12.4 Å². The minimum Gasteiger partial charge on any atom is -0.377 e. The minimum atomic E-state index is 0.576. The monoisotopic (exact) mass is 332 g/mol. The molecule has 3 nitrogen and oxygen atoms in total. The molecular weight excluding hydrogens is 296 g/mol. The lowest BCUT2D eigenvalue weighted by molar-refractivity contribution is 0.121. The smallest absolute Gasteiger partial charge is 0.131 e. The van der Waals surface area contributed by atoms with Crippen molar-refractivity contribution >= 4 is 0 Å². The molecule has 0 aromatic carbocycles. The zero-order chi connectivity index (χ0) is 17.0. The zero-order valence-electron chi connectivity index (χ0n) is 15.8. The van der Waals surface area contributed by atoms with Crippen molar-refractivity contribution in [3.05, 3.63) is 23.8 Å². The van der Waals surface area contributed by atoms with Crippen LogP contribution in [0.25, 0.3) is 0 Å². The average molecular weight is 333 g/mol. The Hall–Kier alpha value is -0.960. The van der Waals surface area contributed by atoms with Gasteiger partial charge in [0.1, 0.15) is 5.82 Å². The van der Waals surface area contributed by atoms with Crippen molar-refractivity contribution in [1.29, 1.82) is 0 Å². The summed E-state index contributed by atoms with van der Waals surface area (Å²) in [6.07, 6.45) is 18.7. The molecule has 1 aromatic rings. The van der Waals surface area contributed by atoms with Crippen LogP contribution in [0.3, 0.4) is 0 Å². The zero-order valence-corrected chi connectivity index (χ0v) is 15.8. The molecule has 0 aliphatic heterocycles. The van der Waals surface area contributed by atoms with Crippen LogP contribution in [0.5, 0.6) is 0 Å². The fraction of sp³-hybridized carbons (Fsp3) is 0.810. The van der Waals surface area contributed by atoms with Crippen LogP contribution in [-0.4, -0.2) is 16.6 Å². The van der Waals surface area contributed by atoms with Gasteiger partial charge in [-0.15, -0.1) is 0 Å². The molecule has 1 fully saturated rings. The Morgan fingerprint density at radius 3 is 2.29 bits per heavy atom. The Kier molecular flexibility index (Phi) is 9.34. The third-order valence-corrected chi connectivity index (χ3v) is 5.27. The second-order valence-corrected chi connectivity index (χ2v) is 7.42. The summed E-state index contributed by atoms with van der Waals surface area (Å²) in [6, 6.07) is 0. The summed E-state index contributed by atoms with van der Waals surface area (Å²) in [7, 11) is 0. The first-order valence-corrected chi connectivity index (χ1v) is 10.2. The number of ether oxygens (including phenoxy) is 1. The molecule has 0 bridgehead atoms. The summed E-state index contributed by atoms with van der Waals surface area (Å²) in [5.74, 6) is 2.58. The van der Waals surface area contributed by atoms with Gasteiger partial charge in [-0.1, -0.05) is 52.4 Å². The van der Waals surface area contributed by atoms with Crippen molar-refractivity contribution in [2.24, 2.45) is 5.92 Å². The SMILES string of the molecule is CCCCCCC[C@H]1CC[C@H](c2ncc(COCCC)cn2)CC1. The molecule has 1 aromatic heterocycles. The molecule has 2 rings (SSSR count).